The van der Waals surface area contributed by atoms with Crippen molar-refractivity contribution in [3.8, 4) is 0 Å². The summed E-state index contributed by atoms with van der Waals surface area (Å²) in [6.45, 7) is 2.43. The normalized spacial score (nSPS) is 16.8. The van der Waals surface area contributed by atoms with E-state index >= 15 is 0 Å². The van der Waals surface area contributed by atoms with Crippen LogP contribution in [0.25, 0.3) is 0 Å². The first-order chi connectivity index (χ1) is 9.94. The van der Waals surface area contributed by atoms with Crippen LogP contribution >= 0.6 is 12.2 Å². The maximum Gasteiger partial charge on any atom is 0.217 e. The van der Waals surface area contributed by atoms with E-state index in [1.165, 1.54) is 12.1 Å². The minimum Gasteiger partial charge on any atom is -0.389 e. The molecule has 4 nitrogen and oxygen atoms in total. The second-order valence-corrected chi connectivity index (χ2v) is 6.04. The van der Waals surface area contributed by atoms with Crippen molar-refractivity contribution in [2.45, 2.75) is 25.8 Å². The molecule has 1 saturated heterocycles. The smallest absolute Gasteiger partial charge is 0.217 e. The highest BCUT2D eigenvalue weighted by Crippen LogP contribution is 2.22. The van der Waals surface area contributed by atoms with Gasteiger partial charge in [0, 0.05) is 18.5 Å². The van der Waals surface area contributed by atoms with Gasteiger partial charge in [-0.15, -0.1) is 0 Å². The van der Waals surface area contributed by atoms with Crippen molar-refractivity contribution in [1.82, 2.24) is 4.90 Å². The number of benzene rings is 1. The van der Waals surface area contributed by atoms with Gasteiger partial charge in [0.15, 0.2) is 0 Å². The number of likely N-dealkylation sites (tertiary alicyclic amines) is 1. The molecule has 0 radical (unpaired) electrons. The average molecular weight is 309 g/mol. The van der Waals surface area contributed by atoms with E-state index in [0.29, 0.717) is 24.4 Å². The number of hydrogen-bond donors (Lipinski definition) is 2. The van der Waals surface area contributed by atoms with Gasteiger partial charge in [-0.1, -0.05) is 12.2 Å². The summed E-state index contributed by atoms with van der Waals surface area (Å²) in [4.78, 5) is 13.4. The van der Waals surface area contributed by atoms with E-state index in [2.05, 4.69) is 4.90 Å². The Hall–Kier alpha value is -1.53. The number of carbonyl (C=O) groups is 1. The molecule has 1 heterocycles. The molecule has 1 aliphatic rings. The van der Waals surface area contributed by atoms with E-state index in [1.807, 2.05) is 6.07 Å². The van der Waals surface area contributed by atoms with Crippen molar-refractivity contribution in [3.05, 3.63) is 35.1 Å². The highest BCUT2D eigenvalue weighted by atomic mass is 32.1. The number of nitrogens with zero attached hydrogens (tertiary/aromatic N) is 1. The third kappa shape index (κ3) is 4.75. The topological polar surface area (TPSA) is 72.4 Å². The minimum atomic E-state index is -0.320. The molecule has 1 amide bonds. The average Bonchev–Trinajstić information content (AvgIpc) is 2.39. The van der Waals surface area contributed by atoms with Gasteiger partial charge in [0.25, 0.3) is 0 Å². The minimum absolute atomic E-state index is 0.205. The first-order valence-electron chi connectivity index (χ1n) is 7.04. The summed E-state index contributed by atoms with van der Waals surface area (Å²) in [5.41, 5.74) is 12.2. The lowest BCUT2D eigenvalue weighted by atomic mass is 9.93. The van der Waals surface area contributed by atoms with E-state index in [0.717, 1.165) is 31.5 Å². The van der Waals surface area contributed by atoms with Gasteiger partial charge in [0.05, 0.1) is 0 Å². The van der Waals surface area contributed by atoms with Crippen LogP contribution in [0.4, 0.5) is 4.39 Å². The number of rotatable bonds is 5. The van der Waals surface area contributed by atoms with Crippen molar-refractivity contribution < 1.29 is 9.18 Å². The summed E-state index contributed by atoms with van der Waals surface area (Å²) in [6, 6.07) is 4.70. The largest absolute Gasteiger partial charge is 0.389 e. The molecule has 2 rings (SSSR count). The molecule has 114 valence electrons. The van der Waals surface area contributed by atoms with Crippen LogP contribution in [0, 0.1) is 11.7 Å². The van der Waals surface area contributed by atoms with Crippen LogP contribution in [-0.2, 0) is 11.3 Å². The third-order valence-corrected chi connectivity index (χ3v) is 4.08. The number of hydrogen-bond acceptors (Lipinski definition) is 3. The number of nitrogens with two attached hydrogens (primary N) is 2. The molecule has 0 atom stereocenters. The second-order valence-electron chi connectivity index (χ2n) is 5.60. The molecule has 0 bridgehead atoms. The van der Waals surface area contributed by atoms with Crippen molar-refractivity contribution >= 4 is 23.1 Å². The molecule has 1 fully saturated rings. The van der Waals surface area contributed by atoms with Gasteiger partial charge in [-0.05, 0) is 55.6 Å². The van der Waals surface area contributed by atoms with Crippen molar-refractivity contribution in [1.29, 1.82) is 0 Å². The summed E-state index contributed by atoms with van der Waals surface area (Å²) in [7, 11) is 0. The van der Waals surface area contributed by atoms with Gasteiger partial charge in [-0.25, -0.2) is 4.39 Å². The molecule has 0 saturated carbocycles. The molecule has 1 aromatic carbocycles. The Morgan fingerprint density at radius 1 is 1.29 bits per heavy atom. The van der Waals surface area contributed by atoms with Crippen molar-refractivity contribution in [3.63, 3.8) is 0 Å². The zero-order valence-electron chi connectivity index (χ0n) is 11.8. The zero-order valence-corrected chi connectivity index (χ0v) is 12.7. The standard InChI is InChI=1S/C15H20FN3OS/c16-13-6-11(5-12(8-13)15(18)21)9-19-3-1-10(2-4-19)7-14(17)20/h5-6,8,10H,1-4,7,9H2,(H2,17,20)(H2,18,21). The van der Waals surface area contributed by atoms with E-state index in [1.54, 1.807) is 0 Å². The Kier molecular flexibility index (Phi) is 5.25. The lowest BCUT2D eigenvalue weighted by Crippen LogP contribution is -2.34. The fraction of sp³-hybridized carbons (Fsp3) is 0.467. The zero-order chi connectivity index (χ0) is 15.4. The molecule has 0 unspecified atom stereocenters. The molecule has 0 spiro atoms. The van der Waals surface area contributed by atoms with E-state index in [-0.39, 0.29) is 16.7 Å². The van der Waals surface area contributed by atoms with Crippen LogP contribution in [0.5, 0.6) is 0 Å². The van der Waals surface area contributed by atoms with Crippen LogP contribution in [-0.4, -0.2) is 28.9 Å². The fourth-order valence-electron chi connectivity index (χ4n) is 2.78. The number of carbonyl (C=O) groups excluding carboxylic acids is 1. The predicted octanol–water partition coefficient (Wildman–Crippen LogP) is 1.55. The molecule has 6 heteroatoms. The summed E-state index contributed by atoms with van der Waals surface area (Å²) >= 11 is 4.89. The Morgan fingerprint density at radius 2 is 1.95 bits per heavy atom. The Morgan fingerprint density at radius 3 is 2.52 bits per heavy atom. The fourth-order valence-corrected chi connectivity index (χ4v) is 2.89. The number of primary amides is 1. The van der Waals surface area contributed by atoms with Crippen LogP contribution in [0.3, 0.4) is 0 Å². The van der Waals surface area contributed by atoms with Crippen LogP contribution in [0.1, 0.15) is 30.4 Å². The first-order valence-corrected chi connectivity index (χ1v) is 7.45. The van der Waals surface area contributed by atoms with Gasteiger partial charge in [0.2, 0.25) is 5.91 Å². The highest BCUT2D eigenvalue weighted by molar-refractivity contribution is 7.80. The van der Waals surface area contributed by atoms with E-state index in [4.69, 9.17) is 23.7 Å². The Balaban J connectivity index is 1.94. The molecule has 0 aliphatic carbocycles. The van der Waals surface area contributed by atoms with E-state index in [9.17, 15) is 9.18 Å². The van der Waals surface area contributed by atoms with Gasteiger partial charge in [0.1, 0.15) is 10.8 Å². The predicted molar refractivity (Wildman–Crippen MR) is 84.1 cm³/mol. The second kappa shape index (κ2) is 6.95. The van der Waals surface area contributed by atoms with Gasteiger partial charge >= 0.3 is 0 Å². The SMILES string of the molecule is NC(=O)CC1CCN(Cc2cc(F)cc(C(N)=S)c2)CC1. The van der Waals surface area contributed by atoms with Gasteiger partial charge < -0.3 is 11.5 Å². The maximum absolute atomic E-state index is 13.6. The van der Waals surface area contributed by atoms with Crippen LogP contribution < -0.4 is 11.5 Å². The summed E-state index contributed by atoms with van der Waals surface area (Å²) in [6.07, 6.45) is 2.35. The number of halogens is 1. The van der Waals surface area contributed by atoms with Crippen molar-refractivity contribution in [2.75, 3.05) is 13.1 Å². The number of thiocarbonyl (C=S) groups is 1. The van der Waals surface area contributed by atoms with E-state index < -0.39 is 0 Å². The lowest BCUT2D eigenvalue weighted by Gasteiger charge is -2.31. The third-order valence-electron chi connectivity index (χ3n) is 3.85. The number of amides is 1. The number of piperidine rings is 1. The molecule has 1 aliphatic heterocycles. The van der Waals surface area contributed by atoms with Gasteiger partial charge in [-0.3, -0.25) is 9.69 Å². The molecule has 4 N–H and O–H groups in total. The maximum atomic E-state index is 13.6. The van der Waals surface area contributed by atoms with Gasteiger partial charge in [-0.2, -0.15) is 0 Å². The molecular formula is C15H20FN3OS. The Labute approximate surface area is 129 Å². The molecule has 21 heavy (non-hydrogen) atoms. The molecular weight excluding hydrogens is 289 g/mol. The summed E-state index contributed by atoms with van der Waals surface area (Å²) in [5.74, 6) is -0.183. The molecule has 0 aromatic heterocycles. The first kappa shape index (κ1) is 15.9. The van der Waals surface area contributed by atoms with Crippen LogP contribution in [0.15, 0.2) is 18.2 Å². The Bertz CT molecular complexity index is 542. The summed E-state index contributed by atoms with van der Waals surface area (Å²) < 4.78 is 13.6. The monoisotopic (exact) mass is 309 g/mol. The summed E-state index contributed by atoms with van der Waals surface area (Å²) in [5, 5.41) is 0. The lowest BCUT2D eigenvalue weighted by molar-refractivity contribution is -0.119. The highest BCUT2D eigenvalue weighted by Gasteiger charge is 2.20. The molecule has 1 aromatic rings. The van der Waals surface area contributed by atoms with Crippen molar-refractivity contribution in [2.24, 2.45) is 17.4 Å². The quantitative estimate of drug-likeness (QED) is 0.810. The van der Waals surface area contributed by atoms with Crippen LogP contribution in [0.2, 0.25) is 0 Å².